The lowest BCUT2D eigenvalue weighted by molar-refractivity contribution is 0.0776. The fourth-order valence-corrected chi connectivity index (χ4v) is 4.14. The second-order valence-corrected chi connectivity index (χ2v) is 7.31. The number of aliphatic hydroxyl groups excluding tert-OH is 1. The van der Waals surface area contributed by atoms with E-state index in [0.717, 1.165) is 5.56 Å². The summed E-state index contributed by atoms with van der Waals surface area (Å²) < 4.78 is 5.77. The van der Waals surface area contributed by atoms with Crippen LogP contribution in [0.4, 0.5) is 4.79 Å². The molecule has 0 aliphatic heterocycles. The van der Waals surface area contributed by atoms with Gasteiger partial charge in [0.2, 0.25) is 0 Å². The van der Waals surface area contributed by atoms with Crippen LogP contribution < -0.4 is 0 Å². The predicted octanol–water partition coefficient (Wildman–Crippen LogP) is 4.99. The quantitative estimate of drug-likeness (QED) is 0.648. The molecule has 148 valence electrons. The molecule has 1 amide bonds. The second kappa shape index (κ2) is 8.50. The molecule has 0 radical (unpaired) electrons. The van der Waals surface area contributed by atoms with E-state index in [1.807, 2.05) is 61.5 Å². The Kier molecular flexibility index (Phi) is 5.63. The van der Waals surface area contributed by atoms with Crippen LogP contribution in [0.15, 0.2) is 78.9 Å². The van der Waals surface area contributed by atoms with Gasteiger partial charge in [0.15, 0.2) is 0 Å². The van der Waals surface area contributed by atoms with Crippen LogP contribution in [0.1, 0.15) is 35.6 Å². The Morgan fingerprint density at radius 1 is 0.931 bits per heavy atom. The number of aliphatic hydroxyl groups is 1. The molecule has 1 atom stereocenters. The Morgan fingerprint density at radius 2 is 1.48 bits per heavy atom. The summed E-state index contributed by atoms with van der Waals surface area (Å²) >= 11 is 0. The Balaban J connectivity index is 1.52. The summed E-state index contributed by atoms with van der Waals surface area (Å²) in [4.78, 5) is 14.5. The van der Waals surface area contributed by atoms with Crippen LogP contribution in [0.25, 0.3) is 11.1 Å². The van der Waals surface area contributed by atoms with Crippen LogP contribution in [0.3, 0.4) is 0 Å². The molecule has 3 aromatic carbocycles. The fraction of sp³-hybridized carbons (Fsp3) is 0.240. The van der Waals surface area contributed by atoms with E-state index in [1.54, 1.807) is 4.90 Å². The van der Waals surface area contributed by atoms with Gasteiger partial charge in [0, 0.05) is 12.5 Å². The average Bonchev–Trinajstić information content (AvgIpc) is 3.10. The van der Waals surface area contributed by atoms with Gasteiger partial charge < -0.3 is 9.84 Å². The molecule has 4 nitrogen and oxygen atoms in total. The normalized spacial score (nSPS) is 13.4. The number of rotatable bonds is 6. The Bertz CT molecular complexity index is 941. The Labute approximate surface area is 171 Å². The monoisotopic (exact) mass is 387 g/mol. The zero-order valence-corrected chi connectivity index (χ0v) is 16.5. The lowest BCUT2D eigenvalue weighted by Crippen LogP contribution is -2.37. The van der Waals surface area contributed by atoms with Gasteiger partial charge in [-0.2, -0.15) is 0 Å². The van der Waals surface area contributed by atoms with E-state index in [-0.39, 0.29) is 31.7 Å². The van der Waals surface area contributed by atoms with Crippen LogP contribution in [-0.4, -0.2) is 35.9 Å². The molecule has 0 saturated carbocycles. The van der Waals surface area contributed by atoms with Crippen LogP contribution in [-0.2, 0) is 4.74 Å². The molecule has 1 aliphatic carbocycles. The molecule has 0 spiro atoms. The summed E-state index contributed by atoms with van der Waals surface area (Å²) in [6.07, 6.45) is -0.405. The van der Waals surface area contributed by atoms with Crippen LogP contribution in [0, 0.1) is 0 Å². The third kappa shape index (κ3) is 3.76. The number of amides is 1. The second-order valence-electron chi connectivity index (χ2n) is 7.31. The summed E-state index contributed by atoms with van der Waals surface area (Å²) in [5.74, 6) is 0.0226. The molecule has 0 heterocycles. The van der Waals surface area contributed by atoms with Crippen molar-refractivity contribution in [1.82, 2.24) is 4.90 Å². The van der Waals surface area contributed by atoms with Crippen molar-refractivity contribution >= 4 is 6.09 Å². The smallest absolute Gasteiger partial charge is 0.410 e. The molecule has 0 saturated heterocycles. The standard InChI is InChI=1S/C25H25NO3/c1-18(19-9-3-2-4-10-19)26(15-16-27)25(28)29-17-24-22-13-7-5-11-20(22)21-12-6-8-14-23(21)24/h2-14,18,24,27H,15-17H2,1H3/t18-/m0/s1. The van der Waals surface area contributed by atoms with Crippen molar-refractivity contribution in [3.05, 3.63) is 95.6 Å². The summed E-state index contributed by atoms with van der Waals surface area (Å²) in [5, 5.41) is 9.47. The van der Waals surface area contributed by atoms with E-state index in [4.69, 9.17) is 4.74 Å². The molecule has 4 heteroatoms. The topological polar surface area (TPSA) is 49.8 Å². The van der Waals surface area contributed by atoms with Crippen LogP contribution in [0.5, 0.6) is 0 Å². The minimum absolute atomic E-state index is 0.0226. The third-order valence-corrected chi connectivity index (χ3v) is 5.66. The zero-order chi connectivity index (χ0) is 20.2. The number of carbonyl (C=O) groups excluding carboxylic acids is 1. The van der Waals surface area contributed by atoms with Crippen molar-refractivity contribution < 1.29 is 14.6 Å². The number of carbonyl (C=O) groups is 1. The molecule has 0 unspecified atom stereocenters. The maximum atomic E-state index is 12.9. The predicted molar refractivity (Wildman–Crippen MR) is 114 cm³/mol. The number of benzene rings is 3. The number of fused-ring (bicyclic) bond motifs is 3. The van der Waals surface area contributed by atoms with Crippen LogP contribution >= 0.6 is 0 Å². The van der Waals surface area contributed by atoms with Gasteiger partial charge in [-0.25, -0.2) is 4.79 Å². The van der Waals surface area contributed by atoms with Gasteiger partial charge in [0.05, 0.1) is 12.6 Å². The van der Waals surface area contributed by atoms with E-state index in [1.165, 1.54) is 22.3 Å². The first-order valence-electron chi connectivity index (χ1n) is 9.98. The maximum absolute atomic E-state index is 12.9. The number of hydrogen-bond acceptors (Lipinski definition) is 3. The number of ether oxygens (including phenoxy) is 1. The van der Waals surface area contributed by atoms with Crippen molar-refractivity contribution in [2.45, 2.75) is 18.9 Å². The molecule has 0 fully saturated rings. The van der Waals surface area contributed by atoms with Gasteiger partial charge in [0.25, 0.3) is 0 Å². The molecule has 29 heavy (non-hydrogen) atoms. The molecule has 4 rings (SSSR count). The molecule has 0 aromatic heterocycles. The minimum atomic E-state index is -0.405. The first kappa shape index (κ1) is 19.2. The summed E-state index contributed by atoms with van der Waals surface area (Å²) in [6, 6.07) is 26.2. The highest BCUT2D eigenvalue weighted by atomic mass is 16.6. The fourth-order valence-electron chi connectivity index (χ4n) is 4.14. The van der Waals surface area contributed by atoms with E-state index >= 15 is 0 Å². The van der Waals surface area contributed by atoms with Gasteiger partial charge in [0.1, 0.15) is 6.61 Å². The van der Waals surface area contributed by atoms with Crippen molar-refractivity contribution in [3.8, 4) is 11.1 Å². The third-order valence-electron chi connectivity index (χ3n) is 5.66. The molecule has 0 bridgehead atoms. The van der Waals surface area contributed by atoms with Crippen molar-refractivity contribution in [2.75, 3.05) is 19.8 Å². The SMILES string of the molecule is C[C@@H](c1ccccc1)N(CCO)C(=O)OCC1c2ccccc2-c2ccccc21. The number of hydrogen-bond donors (Lipinski definition) is 1. The first-order chi connectivity index (χ1) is 14.2. The van der Waals surface area contributed by atoms with Crippen molar-refractivity contribution in [1.29, 1.82) is 0 Å². The van der Waals surface area contributed by atoms with Gasteiger partial charge >= 0.3 is 6.09 Å². The molecular weight excluding hydrogens is 362 g/mol. The van der Waals surface area contributed by atoms with E-state index < -0.39 is 6.09 Å². The number of nitrogens with zero attached hydrogens (tertiary/aromatic N) is 1. The van der Waals surface area contributed by atoms with Crippen molar-refractivity contribution in [2.24, 2.45) is 0 Å². The Morgan fingerprint density at radius 3 is 2.07 bits per heavy atom. The van der Waals surface area contributed by atoms with Gasteiger partial charge in [-0.1, -0.05) is 78.9 Å². The van der Waals surface area contributed by atoms with Gasteiger partial charge in [-0.05, 0) is 34.7 Å². The highest BCUT2D eigenvalue weighted by molar-refractivity contribution is 5.79. The molecule has 3 aromatic rings. The molecule has 1 N–H and O–H groups in total. The summed E-state index contributed by atoms with van der Waals surface area (Å²) in [7, 11) is 0. The molecular formula is C25H25NO3. The van der Waals surface area contributed by atoms with Crippen molar-refractivity contribution in [3.63, 3.8) is 0 Å². The maximum Gasteiger partial charge on any atom is 0.410 e. The lowest BCUT2D eigenvalue weighted by Gasteiger charge is -2.29. The van der Waals surface area contributed by atoms with E-state index in [9.17, 15) is 9.90 Å². The average molecular weight is 387 g/mol. The minimum Gasteiger partial charge on any atom is -0.448 e. The molecule has 1 aliphatic rings. The van der Waals surface area contributed by atoms with Gasteiger partial charge in [-0.15, -0.1) is 0 Å². The first-order valence-corrected chi connectivity index (χ1v) is 9.98. The zero-order valence-electron chi connectivity index (χ0n) is 16.5. The van der Waals surface area contributed by atoms with Gasteiger partial charge in [-0.3, -0.25) is 4.90 Å². The van der Waals surface area contributed by atoms with Crippen LogP contribution in [0.2, 0.25) is 0 Å². The largest absolute Gasteiger partial charge is 0.448 e. The Hall–Kier alpha value is -3.11. The lowest BCUT2D eigenvalue weighted by atomic mass is 9.98. The van der Waals surface area contributed by atoms with E-state index in [2.05, 4.69) is 24.3 Å². The summed E-state index contributed by atoms with van der Waals surface area (Å²) in [5.41, 5.74) is 5.79. The van der Waals surface area contributed by atoms with E-state index in [0.29, 0.717) is 0 Å². The summed E-state index contributed by atoms with van der Waals surface area (Å²) in [6.45, 7) is 2.34. The highest BCUT2D eigenvalue weighted by Gasteiger charge is 2.30. The highest BCUT2D eigenvalue weighted by Crippen LogP contribution is 2.44.